The number of esters is 1. The Morgan fingerprint density at radius 1 is 0.800 bits per heavy atom. The Bertz CT molecular complexity index is 1040. The highest BCUT2D eigenvalue weighted by Crippen LogP contribution is 2.12. The Kier molecular flexibility index (Phi) is 7.34. The van der Waals surface area contributed by atoms with E-state index in [1.165, 1.54) is 0 Å². The number of halogens is 1. The topological polar surface area (TPSA) is 84.5 Å². The smallest absolute Gasteiger partial charge is 0.325 e. The zero-order valence-electron chi connectivity index (χ0n) is 15.9. The van der Waals surface area contributed by atoms with Gasteiger partial charge in [-0.2, -0.15) is 0 Å². The lowest BCUT2D eigenvalue weighted by Gasteiger charge is -2.08. The van der Waals surface area contributed by atoms with Crippen LogP contribution in [0.4, 0.5) is 5.69 Å². The van der Waals surface area contributed by atoms with Crippen molar-refractivity contribution in [2.45, 2.75) is 6.61 Å². The lowest BCUT2D eigenvalue weighted by molar-refractivity contribution is -0.143. The molecule has 0 atom stereocenters. The van der Waals surface area contributed by atoms with Crippen LogP contribution < -0.4 is 10.6 Å². The van der Waals surface area contributed by atoms with Crippen molar-refractivity contribution in [3.8, 4) is 0 Å². The number of hydrogen-bond donors (Lipinski definition) is 2. The molecule has 0 aromatic heterocycles. The molecule has 0 aliphatic carbocycles. The van der Waals surface area contributed by atoms with Crippen LogP contribution in [0.2, 0.25) is 0 Å². The second-order valence-electron chi connectivity index (χ2n) is 6.37. The monoisotopic (exact) mass is 466 g/mol. The van der Waals surface area contributed by atoms with Crippen LogP contribution in [0.3, 0.4) is 0 Å². The number of anilines is 1. The molecule has 2 amide bonds. The van der Waals surface area contributed by atoms with Gasteiger partial charge in [0.15, 0.2) is 0 Å². The molecule has 0 saturated carbocycles. The third-order valence-electron chi connectivity index (χ3n) is 4.13. The molecule has 7 heteroatoms. The predicted octanol–water partition coefficient (Wildman–Crippen LogP) is 4.17. The van der Waals surface area contributed by atoms with Gasteiger partial charge >= 0.3 is 5.97 Å². The average molecular weight is 467 g/mol. The molecule has 0 aliphatic rings. The molecular weight excluding hydrogens is 448 g/mol. The number of benzene rings is 3. The molecule has 0 heterocycles. The molecule has 3 aromatic carbocycles. The first-order valence-corrected chi connectivity index (χ1v) is 9.95. The van der Waals surface area contributed by atoms with Gasteiger partial charge in [0, 0.05) is 21.3 Å². The summed E-state index contributed by atoms with van der Waals surface area (Å²) in [5.41, 5.74) is 2.39. The SMILES string of the molecule is O=C(CNC(=O)c1cccc(Br)c1)OCc1ccc(C(=O)Nc2ccccc2)cc1. The van der Waals surface area contributed by atoms with Gasteiger partial charge in [0.05, 0.1) is 0 Å². The fourth-order valence-corrected chi connectivity index (χ4v) is 2.98. The second kappa shape index (κ2) is 10.4. The summed E-state index contributed by atoms with van der Waals surface area (Å²) >= 11 is 3.29. The number of ether oxygens (including phenoxy) is 1. The first-order chi connectivity index (χ1) is 14.5. The predicted molar refractivity (Wildman–Crippen MR) is 117 cm³/mol. The Balaban J connectivity index is 1.44. The highest BCUT2D eigenvalue weighted by atomic mass is 79.9. The zero-order chi connectivity index (χ0) is 21.3. The molecule has 3 aromatic rings. The zero-order valence-corrected chi connectivity index (χ0v) is 17.5. The minimum Gasteiger partial charge on any atom is -0.460 e. The van der Waals surface area contributed by atoms with Crippen molar-refractivity contribution in [2.24, 2.45) is 0 Å². The summed E-state index contributed by atoms with van der Waals surface area (Å²) in [4.78, 5) is 36.2. The Morgan fingerprint density at radius 2 is 1.53 bits per heavy atom. The van der Waals surface area contributed by atoms with Crippen molar-refractivity contribution in [3.63, 3.8) is 0 Å². The molecule has 0 aliphatic heterocycles. The molecule has 0 saturated heterocycles. The molecule has 3 rings (SSSR count). The third-order valence-corrected chi connectivity index (χ3v) is 4.62. The maximum Gasteiger partial charge on any atom is 0.325 e. The number of hydrogen-bond acceptors (Lipinski definition) is 4. The summed E-state index contributed by atoms with van der Waals surface area (Å²) in [7, 11) is 0. The van der Waals surface area contributed by atoms with Gasteiger partial charge in [-0.25, -0.2) is 0 Å². The third kappa shape index (κ3) is 6.28. The van der Waals surface area contributed by atoms with E-state index in [0.29, 0.717) is 16.8 Å². The molecule has 0 bridgehead atoms. The van der Waals surface area contributed by atoms with E-state index in [1.54, 1.807) is 54.6 Å². The largest absolute Gasteiger partial charge is 0.460 e. The molecule has 0 spiro atoms. The normalized spacial score (nSPS) is 10.2. The van der Waals surface area contributed by atoms with Crippen molar-refractivity contribution in [1.82, 2.24) is 5.32 Å². The van der Waals surface area contributed by atoms with Crippen LogP contribution in [0.25, 0.3) is 0 Å². The minimum absolute atomic E-state index is 0.0478. The molecular formula is C23H19BrN2O4. The van der Waals surface area contributed by atoms with E-state index in [1.807, 2.05) is 24.3 Å². The molecule has 2 N–H and O–H groups in total. The lowest BCUT2D eigenvalue weighted by atomic mass is 10.1. The molecule has 30 heavy (non-hydrogen) atoms. The summed E-state index contributed by atoms with van der Waals surface area (Å²) < 4.78 is 5.95. The van der Waals surface area contributed by atoms with Crippen LogP contribution in [-0.4, -0.2) is 24.3 Å². The van der Waals surface area contributed by atoms with Gasteiger partial charge in [0.1, 0.15) is 13.2 Å². The summed E-state index contributed by atoms with van der Waals surface area (Å²) in [6, 6.07) is 22.8. The fraction of sp³-hybridized carbons (Fsp3) is 0.0870. The highest BCUT2D eigenvalue weighted by Gasteiger charge is 2.10. The van der Waals surface area contributed by atoms with Crippen LogP contribution in [0.1, 0.15) is 26.3 Å². The number of carbonyl (C=O) groups is 3. The van der Waals surface area contributed by atoms with Gasteiger partial charge in [-0.05, 0) is 48.0 Å². The van der Waals surface area contributed by atoms with Gasteiger partial charge in [-0.1, -0.05) is 52.3 Å². The van der Waals surface area contributed by atoms with E-state index < -0.39 is 5.97 Å². The number of para-hydroxylation sites is 1. The van der Waals surface area contributed by atoms with E-state index in [2.05, 4.69) is 26.6 Å². The maximum atomic E-state index is 12.2. The van der Waals surface area contributed by atoms with E-state index in [4.69, 9.17) is 4.74 Å². The van der Waals surface area contributed by atoms with Gasteiger partial charge in [-0.3, -0.25) is 14.4 Å². The van der Waals surface area contributed by atoms with Crippen molar-refractivity contribution in [2.75, 3.05) is 11.9 Å². The number of carbonyl (C=O) groups excluding carboxylic acids is 3. The Labute approximate surface area is 182 Å². The van der Waals surface area contributed by atoms with Crippen molar-refractivity contribution < 1.29 is 19.1 Å². The average Bonchev–Trinajstić information content (AvgIpc) is 2.77. The fourth-order valence-electron chi connectivity index (χ4n) is 2.58. The van der Waals surface area contributed by atoms with Crippen molar-refractivity contribution >= 4 is 39.4 Å². The van der Waals surface area contributed by atoms with Crippen LogP contribution in [-0.2, 0) is 16.1 Å². The minimum atomic E-state index is -0.552. The summed E-state index contributed by atoms with van der Waals surface area (Å²) in [6.45, 7) is -0.185. The number of nitrogens with one attached hydrogen (secondary N) is 2. The highest BCUT2D eigenvalue weighted by molar-refractivity contribution is 9.10. The molecule has 0 fully saturated rings. The quantitative estimate of drug-likeness (QED) is 0.511. The molecule has 6 nitrogen and oxygen atoms in total. The van der Waals surface area contributed by atoms with E-state index in [0.717, 1.165) is 10.0 Å². The lowest BCUT2D eigenvalue weighted by Crippen LogP contribution is -2.30. The maximum absolute atomic E-state index is 12.2. The molecule has 0 radical (unpaired) electrons. The van der Waals surface area contributed by atoms with E-state index in [9.17, 15) is 14.4 Å². The molecule has 152 valence electrons. The van der Waals surface area contributed by atoms with Crippen LogP contribution >= 0.6 is 15.9 Å². The van der Waals surface area contributed by atoms with Crippen molar-refractivity contribution in [3.05, 3.63) is 100 Å². The van der Waals surface area contributed by atoms with Gasteiger partial charge < -0.3 is 15.4 Å². The summed E-state index contributed by atoms with van der Waals surface area (Å²) in [5.74, 6) is -1.13. The summed E-state index contributed by atoms with van der Waals surface area (Å²) in [6.07, 6.45) is 0. The number of rotatable bonds is 7. The van der Waals surface area contributed by atoms with Gasteiger partial charge in [-0.15, -0.1) is 0 Å². The van der Waals surface area contributed by atoms with Crippen LogP contribution in [0, 0.1) is 0 Å². The van der Waals surface area contributed by atoms with E-state index in [-0.39, 0.29) is 25.0 Å². The first kappa shape index (κ1) is 21.3. The second-order valence-corrected chi connectivity index (χ2v) is 7.29. The number of amides is 2. The van der Waals surface area contributed by atoms with Gasteiger partial charge in [0.25, 0.3) is 11.8 Å². The first-order valence-electron chi connectivity index (χ1n) is 9.16. The Hall–Kier alpha value is -3.45. The molecule has 0 unspecified atom stereocenters. The standard InChI is InChI=1S/C23H19BrN2O4/c24-19-6-4-5-18(13-19)22(28)25-14-21(27)30-15-16-9-11-17(12-10-16)23(29)26-20-7-2-1-3-8-20/h1-13H,14-15H2,(H,25,28)(H,26,29). The van der Waals surface area contributed by atoms with Crippen molar-refractivity contribution in [1.29, 1.82) is 0 Å². The van der Waals surface area contributed by atoms with E-state index >= 15 is 0 Å². The Morgan fingerprint density at radius 3 is 2.23 bits per heavy atom. The van der Waals surface area contributed by atoms with Crippen LogP contribution in [0.5, 0.6) is 0 Å². The van der Waals surface area contributed by atoms with Gasteiger partial charge in [0.2, 0.25) is 0 Å². The summed E-state index contributed by atoms with van der Waals surface area (Å²) in [5, 5.41) is 5.33. The van der Waals surface area contributed by atoms with Crippen LogP contribution in [0.15, 0.2) is 83.3 Å².